The fraction of sp³-hybridized carbons (Fsp3) is 0.176. The zero-order valence-electron chi connectivity index (χ0n) is 10.2. The number of hydrogen-bond donors (Lipinski definition) is 0. The van der Waals surface area contributed by atoms with E-state index in [-0.39, 0.29) is 0 Å². The van der Waals surface area contributed by atoms with Crippen LogP contribution in [0, 0.1) is 0 Å². The van der Waals surface area contributed by atoms with Crippen LogP contribution in [0.1, 0.15) is 23.1 Å². The fourth-order valence-corrected chi connectivity index (χ4v) is 2.82. The van der Waals surface area contributed by atoms with Gasteiger partial charge in [0.05, 0.1) is 0 Å². The molecule has 1 aliphatic rings. The maximum absolute atomic E-state index is 3.44. The number of rotatable bonds is 3. The van der Waals surface area contributed by atoms with Crippen molar-refractivity contribution in [1.82, 2.24) is 0 Å². The lowest BCUT2D eigenvalue weighted by Gasteiger charge is -2.01. The quantitative estimate of drug-likeness (QED) is 0.593. The van der Waals surface area contributed by atoms with Crippen molar-refractivity contribution in [1.29, 1.82) is 0 Å². The summed E-state index contributed by atoms with van der Waals surface area (Å²) in [6.07, 6.45) is 6.59. The highest BCUT2D eigenvalue weighted by molar-refractivity contribution is 9.09. The molecule has 0 nitrogen and oxygen atoms in total. The van der Waals surface area contributed by atoms with Crippen molar-refractivity contribution in [2.75, 3.05) is 5.33 Å². The molecule has 1 heteroatoms. The summed E-state index contributed by atoms with van der Waals surface area (Å²) < 4.78 is 0. The second-order valence-corrected chi connectivity index (χ2v) is 5.42. The maximum atomic E-state index is 3.44. The first-order valence-electron chi connectivity index (χ1n) is 6.32. The lowest BCUT2D eigenvalue weighted by atomic mass is 10.0. The van der Waals surface area contributed by atoms with Crippen molar-refractivity contribution >= 4 is 22.0 Å². The van der Waals surface area contributed by atoms with Gasteiger partial charge in [0, 0.05) is 5.33 Å². The molecule has 2 aromatic carbocycles. The van der Waals surface area contributed by atoms with E-state index in [1.165, 1.54) is 27.8 Å². The molecule has 0 bridgehead atoms. The SMILES string of the molecule is BrCCC=Cc1ccc2c(c1)Cc1ccccc1-2. The normalized spacial score (nSPS) is 12.7. The molecule has 0 atom stereocenters. The fourth-order valence-electron chi connectivity index (χ4n) is 2.55. The van der Waals surface area contributed by atoms with Crippen molar-refractivity contribution in [3.05, 3.63) is 65.2 Å². The van der Waals surface area contributed by atoms with Gasteiger partial charge in [0.15, 0.2) is 0 Å². The summed E-state index contributed by atoms with van der Waals surface area (Å²) in [5.74, 6) is 0. The predicted octanol–water partition coefficient (Wildman–Crippen LogP) is 5.06. The Kier molecular flexibility index (Phi) is 3.33. The van der Waals surface area contributed by atoms with E-state index in [1.807, 2.05) is 0 Å². The summed E-state index contributed by atoms with van der Waals surface area (Å²) in [6.45, 7) is 0. The largest absolute Gasteiger partial charge is 0.0925 e. The molecule has 0 saturated heterocycles. The van der Waals surface area contributed by atoms with Gasteiger partial charge in [0.25, 0.3) is 0 Å². The Morgan fingerprint density at radius 1 is 1.00 bits per heavy atom. The highest BCUT2D eigenvalue weighted by Gasteiger charge is 2.17. The lowest BCUT2D eigenvalue weighted by Crippen LogP contribution is -1.81. The molecule has 3 rings (SSSR count). The van der Waals surface area contributed by atoms with Crippen molar-refractivity contribution in [3.8, 4) is 11.1 Å². The minimum absolute atomic E-state index is 1.03. The van der Waals surface area contributed by atoms with E-state index in [0.29, 0.717) is 0 Å². The summed E-state index contributed by atoms with van der Waals surface area (Å²) in [6, 6.07) is 15.5. The third-order valence-corrected chi connectivity index (χ3v) is 3.86. The van der Waals surface area contributed by atoms with Gasteiger partial charge in [0.1, 0.15) is 0 Å². The standard InChI is InChI=1S/C17H15Br/c18-10-4-3-5-13-8-9-17-15(11-13)12-14-6-1-2-7-16(14)17/h1-3,5-9,11H,4,10,12H2. The molecule has 0 aliphatic heterocycles. The molecule has 18 heavy (non-hydrogen) atoms. The molecule has 0 heterocycles. The van der Waals surface area contributed by atoms with E-state index in [1.54, 1.807) is 0 Å². The van der Waals surface area contributed by atoms with Crippen LogP contribution >= 0.6 is 15.9 Å². The number of alkyl halides is 1. The first-order valence-corrected chi connectivity index (χ1v) is 7.44. The highest BCUT2D eigenvalue weighted by atomic mass is 79.9. The highest BCUT2D eigenvalue weighted by Crippen LogP contribution is 2.36. The maximum Gasteiger partial charge on any atom is 0.00660 e. The van der Waals surface area contributed by atoms with Gasteiger partial charge in [-0.15, -0.1) is 0 Å². The average Bonchev–Trinajstić information content (AvgIpc) is 2.76. The van der Waals surface area contributed by atoms with E-state index < -0.39 is 0 Å². The van der Waals surface area contributed by atoms with Crippen molar-refractivity contribution in [2.24, 2.45) is 0 Å². The molecule has 0 spiro atoms. The van der Waals surface area contributed by atoms with Crippen molar-refractivity contribution in [3.63, 3.8) is 0 Å². The van der Waals surface area contributed by atoms with Crippen LogP contribution in [0.15, 0.2) is 48.5 Å². The minimum atomic E-state index is 1.03. The van der Waals surface area contributed by atoms with E-state index in [2.05, 4.69) is 70.5 Å². The van der Waals surface area contributed by atoms with E-state index in [4.69, 9.17) is 0 Å². The molecule has 0 radical (unpaired) electrons. The summed E-state index contributed by atoms with van der Waals surface area (Å²) in [7, 11) is 0. The van der Waals surface area contributed by atoms with Crippen LogP contribution in [0.4, 0.5) is 0 Å². The van der Waals surface area contributed by atoms with Gasteiger partial charge < -0.3 is 0 Å². The van der Waals surface area contributed by atoms with E-state index in [9.17, 15) is 0 Å². The molecule has 0 N–H and O–H groups in total. The van der Waals surface area contributed by atoms with E-state index >= 15 is 0 Å². The number of benzene rings is 2. The first-order chi connectivity index (χ1) is 8.88. The van der Waals surface area contributed by atoms with Gasteiger partial charge in [-0.2, -0.15) is 0 Å². The summed E-state index contributed by atoms with van der Waals surface area (Å²) >= 11 is 3.44. The smallest absolute Gasteiger partial charge is 0.00660 e. The van der Waals surface area contributed by atoms with Crippen LogP contribution < -0.4 is 0 Å². The summed E-state index contributed by atoms with van der Waals surface area (Å²) in [5.41, 5.74) is 7.03. The molecule has 0 fully saturated rings. The summed E-state index contributed by atoms with van der Waals surface area (Å²) in [5, 5.41) is 1.03. The molecular weight excluding hydrogens is 284 g/mol. The zero-order valence-corrected chi connectivity index (χ0v) is 11.8. The van der Waals surface area contributed by atoms with Crippen molar-refractivity contribution in [2.45, 2.75) is 12.8 Å². The Labute approximate surface area is 116 Å². The third kappa shape index (κ3) is 2.15. The molecule has 0 saturated carbocycles. The molecule has 90 valence electrons. The molecule has 0 unspecified atom stereocenters. The Hall–Kier alpha value is -1.34. The van der Waals surface area contributed by atoms with Crippen LogP contribution in [0.25, 0.3) is 17.2 Å². The monoisotopic (exact) mass is 298 g/mol. The van der Waals surface area contributed by atoms with Crippen LogP contribution in [0.2, 0.25) is 0 Å². The second-order valence-electron chi connectivity index (χ2n) is 4.63. The Balaban J connectivity index is 1.93. The van der Waals surface area contributed by atoms with Gasteiger partial charge in [-0.3, -0.25) is 0 Å². The molecule has 0 amide bonds. The first kappa shape index (κ1) is 11.7. The zero-order chi connectivity index (χ0) is 12.4. The number of fused-ring (bicyclic) bond motifs is 3. The molecular formula is C17H15Br. The Morgan fingerprint density at radius 3 is 2.72 bits per heavy atom. The number of allylic oxidation sites excluding steroid dienone is 1. The second kappa shape index (κ2) is 5.11. The molecule has 1 aliphatic carbocycles. The minimum Gasteiger partial charge on any atom is -0.0925 e. The van der Waals surface area contributed by atoms with Gasteiger partial charge in [-0.25, -0.2) is 0 Å². The third-order valence-electron chi connectivity index (χ3n) is 3.40. The van der Waals surface area contributed by atoms with Crippen LogP contribution in [0.5, 0.6) is 0 Å². The molecule has 2 aromatic rings. The van der Waals surface area contributed by atoms with Crippen LogP contribution in [-0.2, 0) is 6.42 Å². The number of hydrogen-bond acceptors (Lipinski definition) is 0. The van der Waals surface area contributed by atoms with Crippen LogP contribution in [-0.4, -0.2) is 5.33 Å². The lowest BCUT2D eigenvalue weighted by molar-refractivity contribution is 1.25. The topological polar surface area (TPSA) is 0 Å². The van der Waals surface area contributed by atoms with Gasteiger partial charge in [-0.1, -0.05) is 70.5 Å². The Bertz CT molecular complexity index is 596. The molecule has 0 aromatic heterocycles. The van der Waals surface area contributed by atoms with Gasteiger partial charge in [-0.05, 0) is 40.7 Å². The van der Waals surface area contributed by atoms with E-state index in [0.717, 1.165) is 18.2 Å². The van der Waals surface area contributed by atoms with Gasteiger partial charge >= 0.3 is 0 Å². The number of halogens is 1. The predicted molar refractivity (Wildman–Crippen MR) is 82.1 cm³/mol. The van der Waals surface area contributed by atoms with Crippen molar-refractivity contribution < 1.29 is 0 Å². The van der Waals surface area contributed by atoms with Crippen LogP contribution in [0.3, 0.4) is 0 Å². The Morgan fingerprint density at radius 2 is 1.83 bits per heavy atom. The summed E-state index contributed by atoms with van der Waals surface area (Å²) in [4.78, 5) is 0. The van der Waals surface area contributed by atoms with Gasteiger partial charge in [0.2, 0.25) is 0 Å². The average molecular weight is 299 g/mol.